The first-order valence-electron chi connectivity index (χ1n) is 12.3. The molecular weight excluding hydrogens is 520 g/mol. The van der Waals surface area contributed by atoms with Crippen molar-refractivity contribution in [2.45, 2.75) is 68.0 Å². The molecule has 0 bridgehead atoms. The predicted octanol–water partition coefficient (Wildman–Crippen LogP) is 5.06. The van der Waals surface area contributed by atoms with Crippen molar-refractivity contribution in [1.29, 1.82) is 0 Å². The summed E-state index contributed by atoms with van der Waals surface area (Å²) in [7, 11) is -2.43. The van der Waals surface area contributed by atoms with Gasteiger partial charge in [0.15, 0.2) is 0 Å². The summed E-state index contributed by atoms with van der Waals surface area (Å²) in [5.41, 5.74) is 3.40. The van der Waals surface area contributed by atoms with Crippen molar-refractivity contribution in [1.82, 2.24) is 14.2 Å². The molecule has 1 aromatic heterocycles. The predicted molar refractivity (Wildman–Crippen MR) is 137 cm³/mol. The lowest BCUT2D eigenvalue weighted by Gasteiger charge is -2.39. The Bertz CT molecular complexity index is 1370. The molecule has 1 saturated carbocycles. The molecular formula is C26H29F2N3O4S2. The van der Waals surface area contributed by atoms with Crippen molar-refractivity contribution in [2.75, 3.05) is 13.7 Å². The van der Waals surface area contributed by atoms with Crippen LogP contribution in [0, 0.1) is 0 Å². The minimum absolute atomic E-state index is 0.0887. The molecule has 3 aromatic rings. The summed E-state index contributed by atoms with van der Waals surface area (Å²) in [5, 5.41) is 0. The third kappa shape index (κ3) is 5.35. The third-order valence-corrected chi connectivity index (χ3v) is 10.0. The number of alkyl halides is 2. The van der Waals surface area contributed by atoms with Gasteiger partial charge in [-0.1, -0.05) is 6.07 Å². The Kier molecular flexibility index (Phi) is 7.21. The Balaban J connectivity index is 1.43. The molecule has 2 aliphatic rings. The molecule has 1 saturated heterocycles. The Morgan fingerprint density at radius 3 is 2.59 bits per heavy atom. The molecule has 1 aliphatic carbocycles. The summed E-state index contributed by atoms with van der Waals surface area (Å²) in [6.45, 7) is 0.446. The Hall–Kier alpha value is -2.63. The van der Waals surface area contributed by atoms with Crippen LogP contribution in [0.3, 0.4) is 0 Å². The van der Waals surface area contributed by atoms with Gasteiger partial charge in [-0.2, -0.15) is 4.31 Å². The highest BCUT2D eigenvalue weighted by atomic mass is 32.2. The Morgan fingerprint density at radius 1 is 1.16 bits per heavy atom. The molecule has 0 N–H and O–H groups in total. The van der Waals surface area contributed by atoms with Gasteiger partial charge in [-0.25, -0.2) is 22.2 Å². The fourth-order valence-corrected chi connectivity index (χ4v) is 7.58. The average Bonchev–Trinajstić information content (AvgIpc) is 3.57. The van der Waals surface area contributed by atoms with Crippen molar-refractivity contribution >= 4 is 37.5 Å². The summed E-state index contributed by atoms with van der Waals surface area (Å²) in [4.78, 5) is 20.1. The molecule has 7 nitrogen and oxygen atoms in total. The highest BCUT2D eigenvalue weighted by Gasteiger charge is 2.44. The number of fused-ring (bicyclic) bond motifs is 1. The highest BCUT2D eigenvalue weighted by Crippen LogP contribution is 2.37. The van der Waals surface area contributed by atoms with E-state index in [9.17, 15) is 22.0 Å². The summed E-state index contributed by atoms with van der Waals surface area (Å²) >= 11 is 1.52. The first-order chi connectivity index (χ1) is 17.7. The van der Waals surface area contributed by atoms with E-state index < -0.39 is 22.0 Å². The number of thiazole rings is 1. The van der Waals surface area contributed by atoms with Crippen LogP contribution >= 0.6 is 11.3 Å². The normalized spacial score (nSPS) is 20.8. The number of benzene rings is 2. The Morgan fingerprint density at radius 2 is 1.89 bits per heavy atom. The number of rotatable bonds is 7. The van der Waals surface area contributed by atoms with E-state index in [2.05, 4.69) is 4.98 Å². The van der Waals surface area contributed by atoms with Crippen LogP contribution in [-0.2, 0) is 21.4 Å². The number of halogens is 2. The fourth-order valence-electron chi connectivity index (χ4n) is 5.27. The zero-order valence-electron chi connectivity index (χ0n) is 20.5. The zero-order chi connectivity index (χ0) is 26.2. The molecule has 5 rings (SSSR count). The number of aromatic nitrogens is 1. The van der Waals surface area contributed by atoms with Crippen molar-refractivity contribution < 1.29 is 26.7 Å². The van der Waals surface area contributed by atoms with E-state index >= 15 is 0 Å². The van der Waals surface area contributed by atoms with Gasteiger partial charge in [0.05, 0.1) is 27.7 Å². The first kappa shape index (κ1) is 26.0. The largest absolute Gasteiger partial charge is 0.497 e. The van der Waals surface area contributed by atoms with Crippen LogP contribution < -0.4 is 4.74 Å². The van der Waals surface area contributed by atoms with E-state index in [4.69, 9.17) is 4.74 Å². The number of hydrogen-bond acceptors (Lipinski definition) is 6. The first-order valence-corrected chi connectivity index (χ1v) is 14.7. The molecule has 0 unspecified atom stereocenters. The van der Waals surface area contributed by atoms with Crippen LogP contribution in [0.5, 0.6) is 5.75 Å². The summed E-state index contributed by atoms with van der Waals surface area (Å²) in [6.07, 6.45) is 0.716. The number of carbonyl (C=O) groups excluding carboxylic acids is 1. The maximum Gasteiger partial charge on any atom is 0.248 e. The quantitative estimate of drug-likeness (QED) is 0.412. The van der Waals surface area contributed by atoms with E-state index in [1.807, 2.05) is 18.2 Å². The van der Waals surface area contributed by atoms with Gasteiger partial charge < -0.3 is 9.64 Å². The summed E-state index contributed by atoms with van der Waals surface area (Å²) < 4.78 is 62.4. The molecule has 0 spiro atoms. The number of methoxy groups -OCH3 is 1. The molecule has 11 heteroatoms. The van der Waals surface area contributed by atoms with Crippen LogP contribution in [0.15, 0.2) is 52.9 Å². The van der Waals surface area contributed by atoms with Crippen LogP contribution in [0.4, 0.5) is 8.78 Å². The van der Waals surface area contributed by atoms with Crippen molar-refractivity contribution in [3.05, 3.63) is 53.5 Å². The van der Waals surface area contributed by atoms with E-state index in [0.29, 0.717) is 18.6 Å². The number of carbonyl (C=O) groups is 1. The Labute approximate surface area is 219 Å². The molecule has 2 aromatic carbocycles. The van der Waals surface area contributed by atoms with E-state index in [1.165, 1.54) is 34.9 Å². The molecule has 37 heavy (non-hydrogen) atoms. The second-order valence-corrected chi connectivity index (χ2v) is 12.4. The summed E-state index contributed by atoms with van der Waals surface area (Å²) in [5.74, 6) is -2.53. The van der Waals surface area contributed by atoms with Crippen molar-refractivity contribution in [3.63, 3.8) is 0 Å². The number of nitrogens with zero attached hydrogens (tertiary/aromatic N) is 3. The smallest absolute Gasteiger partial charge is 0.248 e. The molecule has 1 amide bonds. The molecule has 2 heterocycles. The topological polar surface area (TPSA) is 79.8 Å². The molecule has 0 radical (unpaired) electrons. The minimum atomic E-state index is -3.93. The van der Waals surface area contributed by atoms with Gasteiger partial charge >= 0.3 is 0 Å². The lowest BCUT2D eigenvalue weighted by molar-refractivity contribution is -0.141. The zero-order valence-corrected chi connectivity index (χ0v) is 22.1. The third-order valence-electron chi connectivity index (χ3n) is 7.31. The number of amides is 1. The van der Waals surface area contributed by atoms with Crippen LogP contribution in [0.1, 0.15) is 44.1 Å². The van der Waals surface area contributed by atoms with E-state index in [-0.39, 0.29) is 55.6 Å². The monoisotopic (exact) mass is 549 g/mol. The number of sulfonamides is 1. The molecule has 198 valence electrons. The molecule has 1 atom stereocenters. The SMILES string of the molecule is COc1ccc(S(=O)(=O)N2CCC[C@H]2C(=O)N(Cc2ccc3scnc3c2)C2CCC(F)(F)CC2)cc1. The van der Waals surface area contributed by atoms with Crippen LogP contribution in [0.2, 0.25) is 0 Å². The minimum Gasteiger partial charge on any atom is -0.497 e. The van der Waals surface area contributed by atoms with E-state index in [0.717, 1.165) is 15.8 Å². The second-order valence-electron chi connectivity index (χ2n) is 9.66. The number of hydrogen-bond donors (Lipinski definition) is 0. The van der Waals surface area contributed by atoms with Gasteiger partial charge in [-0.05, 0) is 67.6 Å². The van der Waals surface area contributed by atoms with E-state index in [1.54, 1.807) is 22.5 Å². The van der Waals surface area contributed by atoms with Gasteiger partial charge in [0.1, 0.15) is 11.8 Å². The van der Waals surface area contributed by atoms with Crippen LogP contribution in [-0.4, -0.2) is 60.2 Å². The van der Waals surface area contributed by atoms with Gasteiger partial charge in [-0.3, -0.25) is 4.79 Å². The highest BCUT2D eigenvalue weighted by molar-refractivity contribution is 7.89. The maximum atomic E-state index is 14.0. The van der Waals surface area contributed by atoms with Crippen LogP contribution in [0.25, 0.3) is 10.2 Å². The molecule has 1 aliphatic heterocycles. The lowest BCUT2D eigenvalue weighted by atomic mass is 9.90. The summed E-state index contributed by atoms with van der Waals surface area (Å²) in [6, 6.07) is 10.6. The van der Waals surface area contributed by atoms with Gasteiger partial charge in [-0.15, -0.1) is 11.3 Å². The standard InChI is InChI=1S/C26H29F2N3O4S2/c1-35-20-5-7-21(8-6-20)37(33,34)31-14-2-3-23(31)25(32)30(19-10-12-26(27,28)13-11-19)16-18-4-9-24-22(15-18)29-17-36-24/h4-9,15,17,19,23H,2-3,10-14,16H2,1H3/t23-/m0/s1. The molecule has 2 fully saturated rings. The maximum absolute atomic E-state index is 14.0. The average molecular weight is 550 g/mol. The van der Waals surface area contributed by atoms with Gasteiger partial charge in [0.25, 0.3) is 0 Å². The number of ether oxygens (including phenoxy) is 1. The lowest BCUT2D eigenvalue weighted by Crippen LogP contribution is -2.52. The van der Waals surface area contributed by atoms with Crippen molar-refractivity contribution in [2.24, 2.45) is 0 Å². The van der Waals surface area contributed by atoms with Gasteiger partial charge in [0, 0.05) is 32.0 Å². The van der Waals surface area contributed by atoms with Gasteiger partial charge in [0.2, 0.25) is 21.9 Å². The van der Waals surface area contributed by atoms with Crippen molar-refractivity contribution in [3.8, 4) is 5.75 Å². The second kappa shape index (κ2) is 10.3. The fraction of sp³-hybridized carbons (Fsp3) is 0.462.